The zero-order valence-electron chi connectivity index (χ0n) is 17.4. The summed E-state index contributed by atoms with van der Waals surface area (Å²) in [6.45, 7) is 1.59. The predicted octanol–water partition coefficient (Wildman–Crippen LogP) is 4.50. The van der Waals surface area contributed by atoms with E-state index in [9.17, 15) is 14.4 Å². The molecule has 3 aromatic rings. The molecule has 0 bridgehead atoms. The SMILES string of the molecule is CCCC(=O)Nc1ccc(C(=O)COC(=O)c2c3c(nc4ccccc24)CCC3)cc1. The molecule has 1 aliphatic carbocycles. The summed E-state index contributed by atoms with van der Waals surface area (Å²) in [4.78, 5) is 41.8. The maximum atomic E-state index is 12.9. The van der Waals surface area contributed by atoms with Gasteiger partial charge < -0.3 is 10.1 Å². The smallest absolute Gasteiger partial charge is 0.339 e. The van der Waals surface area contributed by atoms with E-state index in [0.29, 0.717) is 23.2 Å². The van der Waals surface area contributed by atoms with Gasteiger partial charge in [0.2, 0.25) is 5.91 Å². The lowest BCUT2D eigenvalue weighted by atomic mass is 10.0. The van der Waals surface area contributed by atoms with Gasteiger partial charge in [-0.05, 0) is 61.6 Å². The molecular weight excluding hydrogens is 392 g/mol. The number of nitrogens with one attached hydrogen (secondary N) is 1. The number of hydrogen-bond acceptors (Lipinski definition) is 5. The predicted molar refractivity (Wildman–Crippen MR) is 118 cm³/mol. The molecule has 31 heavy (non-hydrogen) atoms. The average molecular weight is 416 g/mol. The first-order valence-corrected chi connectivity index (χ1v) is 10.6. The Labute approximate surface area is 180 Å². The van der Waals surface area contributed by atoms with E-state index >= 15 is 0 Å². The molecule has 2 aromatic carbocycles. The Morgan fingerprint density at radius 2 is 1.81 bits per heavy atom. The third-order valence-electron chi connectivity index (χ3n) is 5.43. The van der Waals surface area contributed by atoms with Gasteiger partial charge in [0.15, 0.2) is 12.4 Å². The summed E-state index contributed by atoms with van der Waals surface area (Å²) < 4.78 is 5.42. The van der Waals surface area contributed by atoms with Gasteiger partial charge in [-0.1, -0.05) is 25.1 Å². The third kappa shape index (κ3) is 4.48. The molecule has 0 radical (unpaired) electrons. The number of ether oxygens (including phenoxy) is 1. The number of carbonyl (C=O) groups excluding carboxylic acids is 3. The molecule has 0 atom stereocenters. The molecule has 1 aliphatic rings. The molecule has 1 aromatic heterocycles. The van der Waals surface area contributed by atoms with Crippen LogP contribution in [-0.2, 0) is 22.4 Å². The van der Waals surface area contributed by atoms with Crippen molar-refractivity contribution in [1.29, 1.82) is 0 Å². The van der Waals surface area contributed by atoms with Crippen LogP contribution in [0.3, 0.4) is 0 Å². The van der Waals surface area contributed by atoms with Gasteiger partial charge in [-0.2, -0.15) is 0 Å². The molecule has 4 rings (SSSR count). The number of Topliss-reactive ketones (excluding diaryl/α,β-unsaturated/α-hetero) is 1. The Hall–Kier alpha value is -3.54. The Bertz CT molecular complexity index is 1150. The number of fused-ring (bicyclic) bond motifs is 2. The van der Waals surface area contributed by atoms with Crippen LogP contribution in [0, 0.1) is 0 Å². The number of nitrogens with zero attached hydrogens (tertiary/aromatic N) is 1. The molecule has 0 fully saturated rings. The fraction of sp³-hybridized carbons (Fsp3) is 0.280. The summed E-state index contributed by atoms with van der Waals surface area (Å²) in [7, 11) is 0. The van der Waals surface area contributed by atoms with Crippen LogP contribution in [0.1, 0.15) is 58.2 Å². The van der Waals surface area contributed by atoms with Crippen LogP contribution in [0.5, 0.6) is 0 Å². The van der Waals surface area contributed by atoms with Gasteiger partial charge in [-0.25, -0.2) is 4.79 Å². The van der Waals surface area contributed by atoms with E-state index < -0.39 is 5.97 Å². The molecular formula is C25H24N2O4. The zero-order chi connectivity index (χ0) is 21.8. The molecule has 0 unspecified atom stereocenters. The first-order valence-electron chi connectivity index (χ1n) is 10.6. The van der Waals surface area contributed by atoms with Gasteiger partial charge in [0.1, 0.15) is 0 Å². The lowest BCUT2D eigenvalue weighted by Gasteiger charge is -2.12. The van der Waals surface area contributed by atoms with Crippen molar-refractivity contribution < 1.29 is 19.1 Å². The number of benzene rings is 2. The highest BCUT2D eigenvalue weighted by Crippen LogP contribution is 2.30. The highest BCUT2D eigenvalue weighted by Gasteiger charge is 2.25. The van der Waals surface area contributed by atoms with Crippen LogP contribution in [-0.4, -0.2) is 29.3 Å². The second kappa shape index (κ2) is 9.08. The van der Waals surface area contributed by atoms with Crippen molar-refractivity contribution >= 4 is 34.3 Å². The number of ketones is 1. The van der Waals surface area contributed by atoms with E-state index in [2.05, 4.69) is 10.3 Å². The molecule has 6 nitrogen and oxygen atoms in total. The number of anilines is 1. The Morgan fingerprint density at radius 1 is 1.03 bits per heavy atom. The van der Waals surface area contributed by atoms with Gasteiger partial charge in [0.25, 0.3) is 0 Å². The van der Waals surface area contributed by atoms with Gasteiger partial charge >= 0.3 is 5.97 Å². The summed E-state index contributed by atoms with van der Waals surface area (Å²) in [5.41, 5.74) is 4.22. The number of amides is 1. The number of aromatic nitrogens is 1. The number of pyridine rings is 1. The highest BCUT2D eigenvalue weighted by molar-refractivity contribution is 6.06. The molecule has 158 valence electrons. The fourth-order valence-corrected chi connectivity index (χ4v) is 3.92. The number of aryl methyl sites for hydroxylation is 1. The summed E-state index contributed by atoms with van der Waals surface area (Å²) >= 11 is 0. The van der Waals surface area contributed by atoms with Crippen LogP contribution in [0.2, 0.25) is 0 Å². The summed E-state index contributed by atoms with van der Waals surface area (Å²) in [5, 5.41) is 3.54. The minimum absolute atomic E-state index is 0.0624. The largest absolute Gasteiger partial charge is 0.454 e. The van der Waals surface area contributed by atoms with Crippen molar-refractivity contribution in [3.63, 3.8) is 0 Å². The van der Waals surface area contributed by atoms with E-state index in [-0.39, 0.29) is 18.3 Å². The summed E-state index contributed by atoms with van der Waals surface area (Å²) in [5.74, 6) is -0.851. The summed E-state index contributed by atoms with van der Waals surface area (Å²) in [6.07, 6.45) is 3.81. The van der Waals surface area contributed by atoms with Crippen molar-refractivity contribution in [2.24, 2.45) is 0 Å². The van der Waals surface area contributed by atoms with Gasteiger partial charge in [-0.15, -0.1) is 0 Å². The quantitative estimate of drug-likeness (QED) is 0.453. The van der Waals surface area contributed by atoms with Crippen LogP contribution >= 0.6 is 0 Å². The van der Waals surface area contributed by atoms with Crippen LogP contribution in [0.25, 0.3) is 10.9 Å². The van der Waals surface area contributed by atoms with Crippen molar-refractivity contribution in [2.45, 2.75) is 39.0 Å². The lowest BCUT2D eigenvalue weighted by molar-refractivity contribution is -0.116. The minimum Gasteiger partial charge on any atom is -0.454 e. The Kier molecular flexibility index (Phi) is 6.07. The lowest BCUT2D eigenvalue weighted by Crippen LogP contribution is -2.16. The minimum atomic E-state index is -0.492. The molecule has 1 amide bonds. The molecule has 1 heterocycles. The topological polar surface area (TPSA) is 85.4 Å². The second-order valence-electron chi connectivity index (χ2n) is 7.66. The van der Waals surface area contributed by atoms with Crippen molar-refractivity contribution in [3.8, 4) is 0 Å². The maximum absolute atomic E-state index is 12.9. The van der Waals surface area contributed by atoms with Crippen molar-refractivity contribution in [2.75, 3.05) is 11.9 Å². The van der Waals surface area contributed by atoms with Crippen LogP contribution < -0.4 is 5.32 Å². The Morgan fingerprint density at radius 3 is 2.58 bits per heavy atom. The number of rotatable bonds is 7. The van der Waals surface area contributed by atoms with Gasteiger partial charge in [0.05, 0.1) is 11.1 Å². The van der Waals surface area contributed by atoms with Gasteiger partial charge in [0, 0.05) is 28.8 Å². The number of esters is 1. The van der Waals surface area contributed by atoms with Gasteiger partial charge in [-0.3, -0.25) is 14.6 Å². The van der Waals surface area contributed by atoms with E-state index in [1.54, 1.807) is 24.3 Å². The van der Waals surface area contributed by atoms with Crippen molar-refractivity contribution in [3.05, 3.63) is 70.9 Å². The van der Waals surface area contributed by atoms with E-state index in [1.807, 2.05) is 31.2 Å². The first kappa shape index (κ1) is 20.7. The fourth-order valence-electron chi connectivity index (χ4n) is 3.92. The van der Waals surface area contributed by atoms with Crippen LogP contribution in [0.4, 0.5) is 5.69 Å². The maximum Gasteiger partial charge on any atom is 0.339 e. The third-order valence-corrected chi connectivity index (χ3v) is 5.43. The normalized spacial score (nSPS) is 12.4. The average Bonchev–Trinajstić information content (AvgIpc) is 3.24. The summed E-state index contributed by atoms with van der Waals surface area (Å²) in [6, 6.07) is 14.1. The van der Waals surface area contributed by atoms with E-state index in [1.165, 1.54) is 0 Å². The van der Waals surface area contributed by atoms with Crippen LogP contribution in [0.15, 0.2) is 48.5 Å². The molecule has 0 aliphatic heterocycles. The molecule has 1 N–H and O–H groups in total. The zero-order valence-corrected chi connectivity index (χ0v) is 17.4. The number of carbonyl (C=O) groups is 3. The monoisotopic (exact) mass is 416 g/mol. The van der Waals surface area contributed by atoms with E-state index in [4.69, 9.17) is 4.74 Å². The highest BCUT2D eigenvalue weighted by atomic mass is 16.5. The second-order valence-corrected chi connectivity index (χ2v) is 7.66. The standard InChI is InChI=1S/C25H24N2O4/c1-2-6-23(29)26-17-13-11-16(12-14-17)22(28)15-31-25(30)24-18-7-3-4-9-20(18)27-21-10-5-8-19(21)24/h3-4,7,9,11-14H,2,5-6,8,10,15H2,1H3,(H,26,29). The first-order chi connectivity index (χ1) is 15.1. The number of para-hydroxylation sites is 1. The molecule has 0 spiro atoms. The molecule has 0 saturated carbocycles. The Balaban J connectivity index is 1.46. The van der Waals surface area contributed by atoms with E-state index in [0.717, 1.165) is 47.8 Å². The van der Waals surface area contributed by atoms with Crippen molar-refractivity contribution in [1.82, 2.24) is 4.98 Å². The molecule has 6 heteroatoms. The number of hydrogen-bond donors (Lipinski definition) is 1. The molecule has 0 saturated heterocycles.